The lowest BCUT2D eigenvalue weighted by atomic mass is 10.3. The van der Waals surface area contributed by atoms with Crippen LogP contribution in [0.3, 0.4) is 0 Å². The monoisotopic (exact) mass is 346 g/mol. The second-order valence-corrected chi connectivity index (χ2v) is 7.21. The SMILES string of the molecule is CC[NH+](CC(=O)NC(C)C)CC(=O)N1CCS[C@@H](C(=O)OC)C1. The highest BCUT2D eigenvalue weighted by molar-refractivity contribution is 8.00. The lowest BCUT2D eigenvalue weighted by Crippen LogP contribution is -3.14. The first kappa shape index (κ1) is 19.8. The highest BCUT2D eigenvalue weighted by atomic mass is 32.2. The number of hydrogen-bond acceptors (Lipinski definition) is 5. The largest absolute Gasteiger partial charge is 0.468 e. The molecule has 0 aliphatic carbocycles. The maximum atomic E-state index is 12.4. The van der Waals surface area contributed by atoms with E-state index in [1.807, 2.05) is 20.8 Å². The smallest absolute Gasteiger partial charge is 0.320 e. The van der Waals surface area contributed by atoms with Crippen molar-refractivity contribution in [1.82, 2.24) is 10.2 Å². The van der Waals surface area contributed by atoms with Gasteiger partial charge in [-0.15, -0.1) is 11.8 Å². The van der Waals surface area contributed by atoms with Crippen molar-refractivity contribution in [2.24, 2.45) is 0 Å². The van der Waals surface area contributed by atoms with Gasteiger partial charge in [0.05, 0.1) is 13.7 Å². The van der Waals surface area contributed by atoms with Gasteiger partial charge in [-0.25, -0.2) is 0 Å². The van der Waals surface area contributed by atoms with Gasteiger partial charge in [-0.3, -0.25) is 14.4 Å². The van der Waals surface area contributed by atoms with Gasteiger partial charge in [0.1, 0.15) is 5.25 Å². The highest BCUT2D eigenvalue weighted by Gasteiger charge is 2.31. The van der Waals surface area contributed by atoms with E-state index < -0.39 is 0 Å². The lowest BCUT2D eigenvalue weighted by molar-refractivity contribution is -0.882. The zero-order valence-corrected chi connectivity index (χ0v) is 15.2. The molecule has 0 aromatic carbocycles. The lowest BCUT2D eigenvalue weighted by Gasteiger charge is -2.31. The number of ether oxygens (including phenoxy) is 1. The molecule has 8 heteroatoms. The normalized spacial score (nSPS) is 19.3. The first-order chi connectivity index (χ1) is 10.9. The molecule has 1 saturated heterocycles. The number of likely N-dealkylation sites (N-methyl/N-ethyl adjacent to an activating group) is 1. The summed E-state index contributed by atoms with van der Waals surface area (Å²) >= 11 is 1.52. The number of esters is 1. The second kappa shape index (κ2) is 9.77. The Morgan fingerprint density at radius 3 is 2.61 bits per heavy atom. The van der Waals surface area contributed by atoms with E-state index in [0.717, 1.165) is 10.7 Å². The molecule has 2 N–H and O–H groups in total. The first-order valence-electron chi connectivity index (χ1n) is 7.97. The molecule has 132 valence electrons. The molecule has 1 heterocycles. The summed E-state index contributed by atoms with van der Waals surface area (Å²) in [6.45, 7) is 8.02. The number of nitrogens with zero attached hydrogens (tertiary/aromatic N) is 1. The van der Waals surface area contributed by atoms with Crippen LogP contribution < -0.4 is 10.2 Å². The predicted octanol–water partition coefficient (Wildman–Crippen LogP) is -1.47. The van der Waals surface area contributed by atoms with Gasteiger partial charge in [0.2, 0.25) is 0 Å². The van der Waals surface area contributed by atoms with Gasteiger partial charge >= 0.3 is 5.97 Å². The Balaban J connectivity index is 2.52. The fraction of sp³-hybridized carbons (Fsp3) is 0.800. The molecule has 1 fully saturated rings. The van der Waals surface area contributed by atoms with Crippen molar-refractivity contribution in [1.29, 1.82) is 0 Å². The third-order valence-electron chi connectivity index (χ3n) is 3.64. The van der Waals surface area contributed by atoms with Crippen LogP contribution in [0.2, 0.25) is 0 Å². The van der Waals surface area contributed by atoms with Crippen molar-refractivity contribution in [3.8, 4) is 0 Å². The molecule has 0 bridgehead atoms. The van der Waals surface area contributed by atoms with E-state index in [1.54, 1.807) is 4.90 Å². The summed E-state index contributed by atoms with van der Waals surface area (Å²) in [6, 6.07) is 0.0937. The molecule has 2 amide bonds. The summed E-state index contributed by atoms with van der Waals surface area (Å²) in [5.41, 5.74) is 0. The Kier molecular flexibility index (Phi) is 8.40. The third kappa shape index (κ3) is 6.78. The van der Waals surface area contributed by atoms with Gasteiger partial charge < -0.3 is 19.9 Å². The first-order valence-corrected chi connectivity index (χ1v) is 9.02. The van der Waals surface area contributed by atoms with Crippen molar-refractivity contribution in [2.45, 2.75) is 32.1 Å². The van der Waals surface area contributed by atoms with Crippen molar-refractivity contribution in [3.63, 3.8) is 0 Å². The fourth-order valence-electron chi connectivity index (χ4n) is 2.39. The van der Waals surface area contributed by atoms with Gasteiger partial charge in [-0.2, -0.15) is 0 Å². The van der Waals surface area contributed by atoms with E-state index >= 15 is 0 Å². The summed E-state index contributed by atoms with van der Waals surface area (Å²) in [7, 11) is 1.36. The number of nitrogens with one attached hydrogen (secondary N) is 2. The maximum Gasteiger partial charge on any atom is 0.320 e. The Labute approximate surface area is 142 Å². The Hall–Kier alpha value is -1.28. The van der Waals surface area contributed by atoms with E-state index in [-0.39, 0.29) is 42.2 Å². The van der Waals surface area contributed by atoms with Crippen LogP contribution in [0.4, 0.5) is 0 Å². The van der Waals surface area contributed by atoms with Gasteiger partial charge in [0, 0.05) is 24.9 Å². The predicted molar refractivity (Wildman–Crippen MR) is 89.4 cm³/mol. The minimum absolute atomic E-state index is 0.0200. The van der Waals surface area contributed by atoms with E-state index in [9.17, 15) is 14.4 Å². The number of thioether (sulfide) groups is 1. The average molecular weight is 346 g/mol. The Morgan fingerprint density at radius 2 is 2.04 bits per heavy atom. The summed E-state index contributed by atoms with van der Waals surface area (Å²) in [5, 5.41) is 2.53. The molecule has 23 heavy (non-hydrogen) atoms. The summed E-state index contributed by atoms with van der Waals surface area (Å²) < 4.78 is 4.75. The Bertz CT molecular complexity index is 431. The number of carbonyl (C=O) groups excluding carboxylic acids is 3. The standard InChI is InChI=1S/C15H27N3O4S/c1-5-17(9-13(19)16-11(2)3)10-14(20)18-6-7-23-12(8-18)15(21)22-4/h11-12H,5-10H2,1-4H3,(H,16,19)/p+1/t12-/m1/s1. The number of methoxy groups -OCH3 is 1. The highest BCUT2D eigenvalue weighted by Crippen LogP contribution is 2.19. The van der Waals surface area contributed by atoms with Crippen molar-refractivity contribution >= 4 is 29.5 Å². The zero-order valence-electron chi connectivity index (χ0n) is 14.4. The average Bonchev–Trinajstić information content (AvgIpc) is 2.52. The van der Waals surface area contributed by atoms with Crippen molar-refractivity contribution < 1.29 is 24.0 Å². The topological polar surface area (TPSA) is 80.2 Å². The van der Waals surface area contributed by atoms with Gasteiger partial charge in [-0.1, -0.05) is 0 Å². The molecule has 1 aliphatic heterocycles. The van der Waals surface area contributed by atoms with E-state index in [4.69, 9.17) is 4.74 Å². The van der Waals surface area contributed by atoms with Crippen LogP contribution >= 0.6 is 11.8 Å². The number of rotatable bonds is 7. The molecular formula is C15H28N3O4S+. The number of hydrogen-bond donors (Lipinski definition) is 2. The van der Waals surface area contributed by atoms with Gasteiger partial charge in [-0.05, 0) is 20.8 Å². The number of quaternary nitrogens is 1. The Morgan fingerprint density at radius 1 is 1.35 bits per heavy atom. The van der Waals surface area contributed by atoms with Gasteiger partial charge in [0.25, 0.3) is 11.8 Å². The minimum atomic E-state index is -0.313. The van der Waals surface area contributed by atoms with Crippen molar-refractivity contribution in [2.75, 3.05) is 45.6 Å². The van der Waals surface area contributed by atoms with E-state index in [1.165, 1.54) is 18.9 Å². The molecule has 1 aliphatic rings. The molecule has 0 radical (unpaired) electrons. The third-order valence-corrected chi connectivity index (χ3v) is 4.81. The number of amides is 2. The minimum Gasteiger partial charge on any atom is -0.468 e. The second-order valence-electron chi connectivity index (χ2n) is 5.90. The fourth-order valence-corrected chi connectivity index (χ4v) is 3.52. The molecule has 2 atom stereocenters. The molecule has 1 rings (SSSR count). The van der Waals surface area contributed by atoms with Crippen LogP contribution in [-0.4, -0.2) is 79.6 Å². The molecule has 7 nitrogen and oxygen atoms in total. The molecule has 0 aromatic heterocycles. The molecule has 0 aromatic rings. The molecule has 0 spiro atoms. The quantitative estimate of drug-likeness (QED) is 0.551. The van der Waals surface area contributed by atoms with Crippen LogP contribution in [0.1, 0.15) is 20.8 Å². The van der Waals surface area contributed by atoms with E-state index in [2.05, 4.69) is 5.32 Å². The van der Waals surface area contributed by atoms with Crippen LogP contribution in [0.5, 0.6) is 0 Å². The maximum absolute atomic E-state index is 12.4. The van der Waals surface area contributed by atoms with Gasteiger partial charge in [0.15, 0.2) is 13.1 Å². The number of carbonyl (C=O) groups is 3. The summed E-state index contributed by atoms with van der Waals surface area (Å²) in [5.74, 6) is 0.365. The van der Waals surface area contributed by atoms with Crippen LogP contribution in [0.25, 0.3) is 0 Å². The van der Waals surface area contributed by atoms with Crippen LogP contribution in [0.15, 0.2) is 0 Å². The van der Waals surface area contributed by atoms with Crippen LogP contribution in [-0.2, 0) is 19.1 Å². The van der Waals surface area contributed by atoms with Crippen molar-refractivity contribution in [3.05, 3.63) is 0 Å². The molecular weight excluding hydrogens is 318 g/mol. The van der Waals surface area contributed by atoms with E-state index in [0.29, 0.717) is 19.6 Å². The van der Waals surface area contributed by atoms with Crippen LogP contribution in [0, 0.1) is 0 Å². The molecule has 0 saturated carbocycles. The summed E-state index contributed by atoms with van der Waals surface area (Å²) in [4.78, 5) is 38.5. The molecule has 1 unspecified atom stereocenters. The summed E-state index contributed by atoms with van der Waals surface area (Å²) in [6.07, 6.45) is 0. The zero-order chi connectivity index (χ0) is 17.4.